The van der Waals surface area contributed by atoms with Gasteiger partial charge in [0.05, 0.1) is 0 Å². The summed E-state index contributed by atoms with van der Waals surface area (Å²) in [5, 5.41) is 8.01. The second kappa shape index (κ2) is 8.88. The van der Waals surface area contributed by atoms with Crippen molar-refractivity contribution in [3.63, 3.8) is 0 Å². The van der Waals surface area contributed by atoms with Crippen LogP contribution in [0.15, 0.2) is 0 Å². The van der Waals surface area contributed by atoms with Gasteiger partial charge in [-0.15, -0.1) is 0 Å². The number of thiol groups is 1. The topological polar surface area (TPSA) is 80.4 Å². The number of hydrogen-bond donors (Lipinski definition) is 3. The first-order valence-corrected chi connectivity index (χ1v) is 3.34. The summed E-state index contributed by atoms with van der Waals surface area (Å²) in [4.78, 5) is 19.6. The predicted octanol–water partition coefficient (Wildman–Crippen LogP) is -1.07. The zero-order chi connectivity index (χ0) is 8.57. The normalized spacial score (nSPS) is 10.3. The molecule has 0 aromatic heterocycles. The molecular weight excluding hydrogens is 198 g/mol. The van der Waals surface area contributed by atoms with Gasteiger partial charge in [-0.1, -0.05) is 0 Å². The van der Waals surface area contributed by atoms with Crippen LogP contribution in [0.1, 0.15) is 0 Å². The van der Waals surface area contributed by atoms with Crippen molar-refractivity contribution in [1.82, 2.24) is 0 Å². The number of rotatable bonds is 2. The third-order valence-corrected chi connectivity index (χ3v) is 0.907. The van der Waals surface area contributed by atoms with E-state index in [1.165, 1.54) is 4.79 Å². The Morgan fingerprint density at radius 1 is 1.90 bits per heavy atom. The molecule has 0 aliphatic heterocycles. The van der Waals surface area contributed by atoms with Crippen molar-refractivity contribution < 1.29 is 30.3 Å². The third-order valence-electron chi connectivity index (χ3n) is 0.514. The molecule has 10 heavy (non-hydrogen) atoms. The third kappa shape index (κ3) is 10.8. The summed E-state index contributed by atoms with van der Waals surface area (Å²) in [7, 11) is 0. The Morgan fingerprint density at radius 2 is 2.20 bits per heavy atom. The number of aliphatic carboxylic acids is 1. The molecule has 3 N–H and O–H groups in total. The maximum absolute atomic E-state index is 9.76. The molecule has 60 valence electrons. The van der Waals surface area contributed by atoms with Gasteiger partial charge in [0.2, 0.25) is 0 Å². The Balaban J connectivity index is 0. The van der Waals surface area contributed by atoms with Crippen molar-refractivity contribution in [1.29, 1.82) is 0 Å². The fourth-order valence-electron chi connectivity index (χ4n) is 0.0781. The molecule has 0 fully saturated rings. The van der Waals surface area contributed by atoms with E-state index in [2.05, 4.69) is 28.2 Å². The van der Waals surface area contributed by atoms with Crippen LogP contribution in [0, 0.1) is 0 Å². The van der Waals surface area contributed by atoms with Crippen molar-refractivity contribution in [3.05, 3.63) is 0 Å². The molecule has 0 amide bonds. The van der Waals surface area contributed by atoms with E-state index < -0.39 is 12.0 Å². The average Bonchev–Trinajstić information content (AvgIpc) is 1.88. The molecule has 1 atom stereocenters. The van der Waals surface area contributed by atoms with E-state index in [0.717, 1.165) is 0 Å². The van der Waals surface area contributed by atoms with Crippen molar-refractivity contribution in [2.75, 3.05) is 5.75 Å². The van der Waals surface area contributed by atoms with Gasteiger partial charge in [-0.2, -0.15) is 12.6 Å². The van der Waals surface area contributed by atoms with Crippen LogP contribution in [0.5, 0.6) is 0 Å². The molecule has 6 heteroatoms. The molecule has 0 aliphatic carbocycles. The monoisotopic (exact) mass is 205 g/mol. The molecule has 4 nitrogen and oxygen atoms in total. The molecule has 0 rings (SSSR count). The van der Waals surface area contributed by atoms with Gasteiger partial charge in [-0.25, -0.2) is 0 Å². The standard InChI is InChI=1S/C3H7NO2S.CO.Fe/c4-2(1-7)3(5)6;1-2;/h2,7H,1,4H2,(H,5,6);;. The summed E-state index contributed by atoms with van der Waals surface area (Å²) < 4.78 is 0. The molecule has 0 spiro atoms. The first-order valence-electron chi connectivity index (χ1n) is 2.16. The fourth-order valence-corrected chi connectivity index (χ4v) is 0.234. The van der Waals surface area contributed by atoms with Gasteiger partial charge in [-0.05, 0) is 0 Å². The van der Waals surface area contributed by atoms with Crippen LogP contribution in [-0.2, 0) is 25.2 Å². The van der Waals surface area contributed by atoms with Crippen LogP contribution in [0.3, 0.4) is 0 Å². The zero-order valence-corrected chi connectivity index (χ0v) is 6.92. The molecular formula is C4H7FeNO3S. The van der Waals surface area contributed by atoms with Crippen molar-refractivity contribution in [2.24, 2.45) is 5.73 Å². The van der Waals surface area contributed by atoms with Gasteiger partial charge in [0.1, 0.15) is 6.04 Å². The molecule has 1 unspecified atom stereocenters. The SMILES string of the molecule is NC(CS)C(=O)O.O=[C]=[Fe]. The zero-order valence-electron chi connectivity index (χ0n) is 4.93. The van der Waals surface area contributed by atoms with E-state index in [1.54, 1.807) is 0 Å². The number of carboxylic acid groups (broad SMARTS) is 1. The summed E-state index contributed by atoms with van der Waals surface area (Å²) in [5.74, 6) is -0.815. The number of carboxylic acids is 1. The van der Waals surface area contributed by atoms with Crippen LogP contribution in [0.2, 0.25) is 0 Å². The van der Waals surface area contributed by atoms with Crippen LogP contribution < -0.4 is 5.73 Å². The van der Waals surface area contributed by atoms with Crippen molar-refractivity contribution >= 4 is 23.4 Å². The predicted molar refractivity (Wildman–Crippen MR) is 35.2 cm³/mol. The molecule has 0 aromatic carbocycles. The molecule has 0 aliphatic rings. The molecule has 0 bridgehead atoms. The Hall–Kier alpha value is -0.121. The Kier molecular flexibility index (Phi) is 11.1. The van der Waals surface area contributed by atoms with Gasteiger partial charge in [0.15, 0.2) is 0 Å². The Bertz CT molecular complexity index is 134. The molecule has 0 saturated heterocycles. The summed E-state index contributed by atoms with van der Waals surface area (Å²) in [5.41, 5.74) is 4.94. The second-order valence-electron chi connectivity index (χ2n) is 1.20. The van der Waals surface area contributed by atoms with E-state index in [4.69, 9.17) is 15.6 Å². The number of carbonyl (C=O) groups is 1. The number of hydrogen-bond acceptors (Lipinski definition) is 4. The first kappa shape index (κ1) is 12.5. The average molecular weight is 205 g/mol. The second-order valence-corrected chi connectivity index (χ2v) is 1.79. The van der Waals surface area contributed by atoms with E-state index in [0.29, 0.717) is 0 Å². The summed E-state index contributed by atoms with van der Waals surface area (Å²) in [6, 6.07) is -0.816. The van der Waals surface area contributed by atoms with Crippen LogP contribution in [0.4, 0.5) is 0 Å². The minimum atomic E-state index is -1.00. The van der Waals surface area contributed by atoms with E-state index in [9.17, 15) is 4.79 Å². The first-order chi connectivity index (χ1) is 4.59. The van der Waals surface area contributed by atoms with Gasteiger partial charge in [-0.3, -0.25) is 4.79 Å². The minimum absolute atomic E-state index is 0.190. The summed E-state index contributed by atoms with van der Waals surface area (Å²) in [6.07, 6.45) is 0. The summed E-state index contributed by atoms with van der Waals surface area (Å²) >= 11 is 6.33. The van der Waals surface area contributed by atoms with E-state index >= 15 is 0 Å². The van der Waals surface area contributed by atoms with Crippen molar-refractivity contribution in [2.45, 2.75) is 6.04 Å². The quantitative estimate of drug-likeness (QED) is 0.396. The number of carbonyl (C=O) groups excluding carboxylic acids is 1. The summed E-state index contributed by atoms with van der Waals surface area (Å²) in [6.45, 7) is 0. The van der Waals surface area contributed by atoms with Crippen molar-refractivity contribution in [3.8, 4) is 0 Å². The molecule has 0 saturated carbocycles. The van der Waals surface area contributed by atoms with Gasteiger partial charge in [0, 0.05) is 5.75 Å². The fraction of sp³-hybridized carbons (Fsp3) is 0.500. The van der Waals surface area contributed by atoms with E-state index in [-0.39, 0.29) is 5.75 Å². The number of nitrogens with two attached hydrogens (primary N) is 1. The molecule has 0 radical (unpaired) electrons. The molecule has 0 aromatic rings. The van der Waals surface area contributed by atoms with E-state index in [1.807, 2.05) is 0 Å². The van der Waals surface area contributed by atoms with Gasteiger partial charge < -0.3 is 10.8 Å². The maximum atomic E-state index is 9.76. The molecule has 0 heterocycles. The van der Waals surface area contributed by atoms with Crippen LogP contribution in [-0.4, -0.2) is 27.7 Å². The Labute approximate surface area is 71.6 Å². The Morgan fingerprint density at radius 3 is 2.20 bits per heavy atom. The van der Waals surface area contributed by atoms with Gasteiger partial charge >= 0.3 is 31.1 Å². The van der Waals surface area contributed by atoms with Crippen LogP contribution >= 0.6 is 12.6 Å². The van der Waals surface area contributed by atoms with Crippen LogP contribution in [0.25, 0.3) is 0 Å². The van der Waals surface area contributed by atoms with Gasteiger partial charge in [0.25, 0.3) is 0 Å².